The number of nitrogens with one attached hydrogen (secondary N) is 1. The topological polar surface area (TPSA) is 54.9 Å². The molecule has 2 aromatic carbocycles. The first-order valence-electron chi connectivity index (χ1n) is 9.55. The summed E-state index contributed by atoms with van der Waals surface area (Å²) >= 11 is 1.61. The van der Waals surface area contributed by atoms with Gasteiger partial charge >= 0.3 is 0 Å². The minimum atomic E-state index is -0.309. The number of carbonyl (C=O) groups excluding carboxylic acids is 1. The Morgan fingerprint density at radius 2 is 1.97 bits per heavy atom. The number of halogens is 1. The molecular weight excluding hydrogens is 397 g/mol. The Morgan fingerprint density at radius 1 is 1.13 bits per heavy atom. The molecule has 30 heavy (non-hydrogen) atoms. The van der Waals surface area contributed by atoms with Crippen molar-refractivity contribution in [3.05, 3.63) is 99.9 Å². The third-order valence-corrected chi connectivity index (χ3v) is 5.61. The number of pyridine rings is 1. The van der Waals surface area contributed by atoms with Crippen LogP contribution < -0.4 is 5.32 Å². The fraction of sp³-hybridized carbons (Fsp3) is 0.125. The van der Waals surface area contributed by atoms with E-state index < -0.39 is 0 Å². The number of aromatic nitrogens is 2. The Hall–Kier alpha value is -3.38. The third-order valence-electron chi connectivity index (χ3n) is 4.76. The van der Waals surface area contributed by atoms with Crippen molar-refractivity contribution in [3.63, 3.8) is 0 Å². The number of hydrogen-bond acceptors (Lipinski definition) is 4. The van der Waals surface area contributed by atoms with Crippen molar-refractivity contribution in [2.75, 3.05) is 5.32 Å². The molecule has 6 heteroatoms. The summed E-state index contributed by atoms with van der Waals surface area (Å²) < 4.78 is 13.0. The van der Waals surface area contributed by atoms with Gasteiger partial charge in [0.2, 0.25) is 5.91 Å². The average molecular weight is 418 g/mol. The normalized spacial score (nSPS) is 10.7. The quantitative estimate of drug-likeness (QED) is 0.455. The molecule has 0 saturated carbocycles. The Morgan fingerprint density at radius 3 is 2.73 bits per heavy atom. The van der Waals surface area contributed by atoms with Crippen molar-refractivity contribution in [1.29, 1.82) is 0 Å². The van der Waals surface area contributed by atoms with Crippen molar-refractivity contribution in [2.24, 2.45) is 0 Å². The Balaban J connectivity index is 1.45. The number of benzene rings is 2. The molecule has 4 nitrogen and oxygen atoms in total. The Bertz CT molecular complexity index is 1160. The average Bonchev–Trinajstić information content (AvgIpc) is 3.21. The molecule has 4 rings (SSSR count). The van der Waals surface area contributed by atoms with E-state index in [1.54, 1.807) is 35.9 Å². The number of nitrogens with zero attached hydrogens (tertiary/aromatic N) is 2. The second-order valence-corrected chi connectivity index (χ2v) is 7.98. The zero-order valence-electron chi connectivity index (χ0n) is 16.4. The van der Waals surface area contributed by atoms with Crippen LogP contribution in [0.3, 0.4) is 0 Å². The van der Waals surface area contributed by atoms with Crippen LogP contribution in [0.5, 0.6) is 0 Å². The van der Waals surface area contributed by atoms with E-state index in [2.05, 4.69) is 17.2 Å². The molecular formula is C24H20FN3OS. The molecule has 1 N–H and O–H groups in total. The smallest absolute Gasteiger partial charge is 0.228 e. The maximum atomic E-state index is 13.0. The van der Waals surface area contributed by atoms with Crippen molar-refractivity contribution in [1.82, 2.24) is 9.97 Å². The highest BCUT2D eigenvalue weighted by Crippen LogP contribution is 2.25. The van der Waals surface area contributed by atoms with Crippen LogP contribution >= 0.6 is 11.3 Å². The lowest BCUT2D eigenvalue weighted by atomic mass is 10.0. The van der Waals surface area contributed by atoms with Crippen LogP contribution in [0.2, 0.25) is 0 Å². The number of rotatable bonds is 6. The SMILES string of the molecule is Cc1ccc(NC(=O)Cc2ccc(F)cc2)cc1Cc1nc(-c2cccnc2)cs1. The molecule has 4 aromatic rings. The predicted molar refractivity (Wildman–Crippen MR) is 118 cm³/mol. The summed E-state index contributed by atoms with van der Waals surface area (Å²) in [5.41, 5.74) is 5.69. The summed E-state index contributed by atoms with van der Waals surface area (Å²) in [7, 11) is 0. The molecule has 0 spiro atoms. The van der Waals surface area contributed by atoms with E-state index in [1.165, 1.54) is 12.1 Å². The molecule has 150 valence electrons. The molecule has 0 aliphatic heterocycles. The number of aryl methyl sites for hydroxylation is 1. The molecule has 0 aliphatic rings. The second kappa shape index (κ2) is 8.97. The van der Waals surface area contributed by atoms with Crippen LogP contribution in [0.25, 0.3) is 11.3 Å². The van der Waals surface area contributed by atoms with Gasteiger partial charge in [-0.1, -0.05) is 18.2 Å². The first-order valence-corrected chi connectivity index (χ1v) is 10.4. The largest absolute Gasteiger partial charge is 0.326 e. The minimum Gasteiger partial charge on any atom is -0.326 e. The first-order chi connectivity index (χ1) is 14.6. The molecule has 2 aromatic heterocycles. The highest BCUT2D eigenvalue weighted by Gasteiger charge is 2.10. The summed E-state index contributed by atoms with van der Waals surface area (Å²) in [6, 6.07) is 15.7. The lowest BCUT2D eigenvalue weighted by Crippen LogP contribution is -2.14. The Kier molecular flexibility index (Phi) is 5.95. The monoisotopic (exact) mass is 417 g/mol. The van der Waals surface area contributed by atoms with E-state index >= 15 is 0 Å². The van der Waals surface area contributed by atoms with Gasteiger partial charge in [0.05, 0.1) is 17.1 Å². The van der Waals surface area contributed by atoms with Crippen LogP contribution in [0, 0.1) is 12.7 Å². The third kappa shape index (κ3) is 4.96. The van der Waals surface area contributed by atoms with Gasteiger partial charge in [0.1, 0.15) is 5.82 Å². The molecule has 0 atom stereocenters. The fourth-order valence-electron chi connectivity index (χ4n) is 3.13. The molecule has 0 bridgehead atoms. The number of thiazole rings is 1. The van der Waals surface area contributed by atoms with Crippen molar-refractivity contribution in [3.8, 4) is 11.3 Å². The van der Waals surface area contributed by atoms with Crippen LogP contribution in [0.15, 0.2) is 72.4 Å². The van der Waals surface area contributed by atoms with E-state index in [0.717, 1.165) is 38.6 Å². The van der Waals surface area contributed by atoms with Crippen LogP contribution in [-0.4, -0.2) is 15.9 Å². The Labute approximate surface area is 178 Å². The lowest BCUT2D eigenvalue weighted by Gasteiger charge is -2.10. The van der Waals surface area contributed by atoms with E-state index in [1.807, 2.05) is 35.7 Å². The van der Waals surface area contributed by atoms with Gasteiger partial charge in [-0.25, -0.2) is 9.37 Å². The molecule has 2 heterocycles. The van der Waals surface area contributed by atoms with E-state index in [-0.39, 0.29) is 18.1 Å². The zero-order chi connectivity index (χ0) is 20.9. The van der Waals surface area contributed by atoms with Gasteiger partial charge in [0.25, 0.3) is 0 Å². The minimum absolute atomic E-state index is 0.135. The predicted octanol–water partition coefficient (Wildman–Crippen LogP) is 5.42. The van der Waals surface area contributed by atoms with E-state index in [0.29, 0.717) is 6.42 Å². The van der Waals surface area contributed by atoms with Crippen LogP contribution in [0.4, 0.5) is 10.1 Å². The molecule has 0 saturated heterocycles. The summed E-state index contributed by atoms with van der Waals surface area (Å²) in [4.78, 5) is 21.2. The van der Waals surface area contributed by atoms with Gasteiger partial charge < -0.3 is 5.32 Å². The molecule has 0 unspecified atom stereocenters. The summed E-state index contributed by atoms with van der Waals surface area (Å²) in [6.07, 6.45) is 4.44. The van der Waals surface area contributed by atoms with Gasteiger partial charge in [0, 0.05) is 35.4 Å². The van der Waals surface area contributed by atoms with Crippen LogP contribution in [-0.2, 0) is 17.6 Å². The number of anilines is 1. The number of carbonyl (C=O) groups is 1. The van der Waals surface area contributed by atoms with Gasteiger partial charge in [-0.15, -0.1) is 11.3 Å². The van der Waals surface area contributed by atoms with Gasteiger partial charge in [0.15, 0.2) is 0 Å². The van der Waals surface area contributed by atoms with Gasteiger partial charge in [-0.3, -0.25) is 9.78 Å². The van der Waals surface area contributed by atoms with Gasteiger partial charge in [-0.2, -0.15) is 0 Å². The summed E-state index contributed by atoms with van der Waals surface area (Å²) in [5.74, 6) is -0.444. The van der Waals surface area contributed by atoms with Crippen LogP contribution in [0.1, 0.15) is 21.7 Å². The van der Waals surface area contributed by atoms with Crippen molar-refractivity contribution < 1.29 is 9.18 Å². The lowest BCUT2D eigenvalue weighted by molar-refractivity contribution is -0.115. The number of hydrogen-bond donors (Lipinski definition) is 1. The number of amides is 1. The van der Waals surface area contributed by atoms with E-state index in [9.17, 15) is 9.18 Å². The van der Waals surface area contributed by atoms with E-state index in [4.69, 9.17) is 4.98 Å². The fourth-order valence-corrected chi connectivity index (χ4v) is 3.96. The molecule has 0 radical (unpaired) electrons. The first kappa shape index (κ1) is 19.9. The maximum Gasteiger partial charge on any atom is 0.228 e. The second-order valence-electron chi connectivity index (χ2n) is 7.04. The highest BCUT2D eigenvalue weighted by atomic mass is 32.1. The highest BCUT2D eigenvalue weighted by molar-refractivity contribution is 7.10. The van der Waals surface area contributed by atoms with Crippen molar-refractivity contribution >= 4 is 22.9 Å². The van der Waals surface area contributed by atoms with Gasteiger partial charge in [-0.05, 0) is 60.0 Å². The zero-order valence-corrected chi connectivity index (χ0v) is 17.2. The summed E-state index contributed by atoms with van der Waals surface area (Å²) in [6.45, 7) is 2.05. The molecule has 0 aliphatic carbocycles. The molecule has 0 fully saturated rings. The summed E-state index contributed by atoms with van der Waals surface area (Å²) in [5, 5.41) is 5.98. The molecule has 1 amide bonds. The maximum absolute atomic E-state index is 13.0. The standard InChI is InChI=1S/C24H20FN3OS/c1-16-4-9-21(27-23(29)11-17-5-7-20(25)8-6-17)12-19(16)13-24-28-22(15-30-24)18-3-2-10-26-14-18/h2-10,12,14-15H,11,13H2,1H3,(H,27,29). The van der Waals surface area contributed by atoms with Crippen molar-refractivity contribution in [2.45, 2.75) is 19.8 Å².